The molecule has 4 nitrogen and oxygen atoms in total. The normalized spacial score (nSPS) is 15.1. The van der Waals surface area contributed by atoms with Crippen LogP contribution in [0.2, 0.25) is 0 Å². The molecule has 0 bridgehead atoms. The maximum Gasteiger partial charge on any atom is 0.346 e. The molecule has 0 saturated heterocycles. The summed E-state index contributed by atoms with van der Waals surface area (Å²) in [6.07, 6.45) is 1.70. The molecule has 2 aromatic rings. The number of nitrogens with zero attached hydrogens (tertiary/aromatic N) is 2. The van der Waals surface area contributed by atoms with Crippen molar-refractivity contribution in [2.75, 3.05) is 0 Å². The standard InChI is InChI=1S/C11H9FN2O2S/c12-8-3-1-2-4-9(8)14-10(15)13(7-5-6-7)11(16)17-14/h1-4,7H,5-6H2. The molecule has 1 heterocycles. The van der Waals surface area contributed by atoms with Gasteiger partial charge in [-0.25, -0.2) is 17.7 Å². The van der Waals surface area contributed by atoms with Gasteiger partial charge in [-0.3, -0.25) is 4.79 Å². The molecule has 6 heteroatoms. The Kier molecular flexibility index (Phi) is 2.25. The maximum atomic E-state index is 13.5. The third-order valence-electron chi connectivity index (χ3n) is 2.73. The lowest BCUT2D eigenvalue weighted by Crippen LogP contribution is -2.27. The Labute approximate surface area is 99.7 Å². The van der Waals surface area contributed by atoms with Gasteiger partial charge < -0.3 is 0 Å². The first-order valence-corrected chi connectivity index (χ1v) is 6.05. The zero-order valence-electron chi connectivity index (χ0n) is 8.80. The molecule has 3 rings (SSSR count). The van der Waals surface area contributed by atoms with Gasteiger partial charge in [-0.2, -0.15) is 0 Å². The van der Waals surface area contributed by atoms with Crippen molar-refractivity contribution >= 4 is 11.5 Å². The van der Waals surface area contributed by atoms with E-state index in [4.69, 9.17) is 0 Å². The largest absolute Gasteiger partial charge is 0.346 e. The average molecular weight is 252 g/mol. The molecule has 88 valence electrons. The second-order valence-electron chi connectivity index (χ2n) is 3.99. The van der Waals surface area contributed by atoms with Gasteiger partial charge in [0.25, 0.3) is 0 Å². The highest BCUT2D eigenvalue weighted by Gasteiger charge is 2.29. The van der Waals surface area contributed by atoms with Crippen LogP contribution in [0.1, 0.15) is 18.9 Å². The predicted octanol–water partition coefficient (Wildman–Crippen LogP) is 1.53. The lowest BCUT2D eigenvalue weighted by Gasteiger charge is -2.00. The van der Waals surface area contributed by atoms with Crippen LogP contribution in [0.25, 0.3) is 5.69 Å². The van der Waals surface area contributed by atoms with E-state index in [1.165, 1.54) is 16.7 Å². The van der Waals surface area contributed by atoms with Gasteiger partial charge in [0.2, 0.25) is 0 Å². The van der Waals surface area contributed by atoms with Crippen molar-refractivity contribution in [2.45, 2.75) is 18.9 Å². The first-order valence-electron chi connectivity index (χ1n) is 5.28. The van der Waals surface area contributed by atoms with Crippen molar-refractivity contribution in [1.82, 2.24) is 8.52 Å². The van der Waals surface area contributed by atoms with Gasteiger partial charge in [-0.1, -0.05) is 12.1 Å². The van der Waals surface area contributed by atoms with E-state index >= 15 is 0 Å². The Morgan fingerprint density at radius 2 is 1.94 bits per heavy atom. The monoisotopic (exact) mass is 252 g/mol. The molecule has 1 aromatic heterocycles. The Balaban J connectivity index is 2.23. The summed E-state index contributed by atoms with van der Waals surface area (Å²) >= 11 is 0.748. The molecular weight excluding hydrogens is 243 g/mol. The van der Waals surface area contributed by atoms with Crippen molar-refractivity contribution in [3.05, 3.63) is 50.2 Å². The fraction of sp³-hybridized carbons (Fsp3) is 0.273. The summed E-state index contributed by atoms with van der Waals surface area (Å²) in [5.74, 6) is -0.501. The van der Waals surface area contributed by atoms with Crippen LogP contribution in [0.4, 0.5) is 4.39 Å². The van der Waals surface area contributed by atoms with E-state index in [0.29, 0.717) is 0 Å². The first kappa shape index (κ1) is 10.5. The van der Waals surface area contributed by atoms with Gasteiger partial charge in [0.15, 0.2) is 0 Å². The molecule has 1 aliphatic carbocycles. The summed E-state index contributed by atoms with van der Waals surface area (Å²) in [4.78, 5) is 23.3. The van der Waals surface area contributed by atoms with E-state index in [1.54, 1.807) is 12.1 Å². The van der Waals surface area contributed by atoms with Crippen molar-refractivity contribution in [3.8, 4) is 5.69 Å². The van der Waals surface area contributed by atoms with Crippen LogP contribution >= 0.6 is 11.5 Å². The highest BCUT2D eigenvalue weighted by Crippen LogP contribution is 2.32. The smallest absolute Gasteiger partial charge is 0.255 e. The predicted molar refractivity (Wildman–Crippen MR) is 62.4 cm³/mol. The summed E-state index contributed by atoms with van der Waals surface area (Å²) in [5.41, 5.74) is -0.299. The van der Waals surface area contributed by atoms with Crippen molar-refractivity contribution in [3.63, 3.8) is 0 Å². The third kappa shape index (κ3) is 1.64. The molecule has 0 radical (unpaired) electrons. The Bertz CT molecular complexity index is 681. The molecule has 0 spiro atoms. The number of halogens is 1. The van der Waals surface area contributed by atoms with Gasteiger partial charge in [-0.05, 0) is 25.0 Å². The number of rotatable bonds is 2. The van der Waals surface area contributed by atoms with E-state index in [-0.39, 0.29) is 16.6 Å². The number of benzene rings is 1. The molecule has 0 unspecified atom stereocenters. The second-order valence-corrected chi connectivity index (χ2v) is 4.88. The van der Waals surface area contributed by atoms with Crippen LogP contribution in [-0.4, -0.2) is 8.52 Å². The first-order chi connectivity index (χ1) is 8.18. The fourth-order valence-electron chi connectivity index (χ4n) is 1.74. The summed E-state index contributed by atoms with van der Waals surface area (Å²) < 4.78 is 15.9. The molecule has 0 aliphatic heterocycles. The minimum absolute atomic E-state index is 0.0132. The molecule has 0 amide bonds. The van der Waals surface area contributed by atoms with Crippen LogP contribution in [0, 0.1) is 5.82 Å². The van der Waals surface area contributed by atoms with E-state index in [2.05, 4.69) is 0 Å². The Morgan fingerprint density at radius 3 is 2.59 bits per heavy atom. The van der Waals surface area contributed by atoms with E-state index in [0.717, 1.165) is 28.3 Å². The van der Waals surface area contributed by atoms with Crippen LogP contribution in [0.15, 0.2) is 33.9 Å². The number of hydrogen-bond donors (Lipinski definition) is 0. The lowest BCUT2D eigenvalue weighted by molar-refractivity contribution is 0.613. The lowest BCUT2D eigenvalue weighted by atomic mass is 10.3. The number of hydrogen-bond acceptors (Lipinski definition) is 3. The molecule has 1 saturated carbocycles. The van der Waals surface area contributed by atoms with Gasteiger partial charge in [0.05, 0.1) is 5.69 Å². The minimum Gasteiger partial charge on any atom is -0.255 e. The maximum absolute atomic E-state index is 13.5. The van der Waals surface area contributed by atoms with Gasteiger partial charge >= 0.3 is 10.6 Å². The highest BCUT2D eigenvalue weighted by atomic mass is 32.1. The van der Waals surface area contributed by atoms with Gasteiger partial charge in [-0.15, -0.1) is 0 Å². The SMILES string of the molecule is O=c1sn(-c2ccccc2F)c(=O)n1C1CC1. The van der Waals surface area contributed by atoms with Crippen molar-refractivity contribution in [2.24, 2.45) is 0 Å². The summed E-state index contributed by atoms with van der Waals surface area (Å²) in [6, 6.07) is 5.96. The second kappa shape index (κ2) is 3.66. The minimum atomic E-state index is -0.501. The van der Waals surface area contributed by atoms with Gasteiger partial charge in [0, 0.05) is 17.6 Å². The highest BCUT2D eigenvalue weighted by molar-refractivity contribution is 7.03. The fourth-order valence-corrected chi connectivity index (χ4v) is 2.63. The Hall–Kier alpha value is -1.69. The molecule has 17 heavy (non-hydrogen) atoms. The third-order valence-corrected chi connectivity index (χ3v) is 3.62. The molecular formula is C11H9FN2O2S. The zero-order valence-corrected chi connectivity index (χ0v) is 9.61. The van der Waals surface area contributed by atoms with Crippen LogP contribution in [0.3, 0.4) is 0 Å². The van der Waals surface area contributed by atoms with E-state index in [9.17, 15) is 14.0 Å². The quantitative estimate of drug-likeness (QED) is 0.813. The number of para-hydroxylation sites is 1. The summed E-state index contributed by atoms with van der Waals surface area (Å²) in [5, 5.41) is 0. The molecule has 1 aromatic carbocycles. The number of aromatic nitrogens is 2. The van der Waals surface area contributed by atoms with Crippen molar-refractivity contribution in [1.29, 1.82) is 0 Å². The molecule has 1 fully saturated rings. The Morgan fingerprint density at radius 1 is 1.24 bits per heavy atom. The average Bonchev–Trinajstić information content (AvgIpc) is 3.07. The molecule has 0 atom stereocenters. The van der Waals surface area contributed by atoms with Gasteiger partial charge in [0.1, 0.15) is 5.82 Å². The molecule has 1 aliphatic rings. The van der Waals surface area contributed by atoms with Crippen LogP contribution in [-0.2, 0) is 0 Å². The van der Waals surface area contributed by atoms with E-state index in [1.807, 2.05) is 0 Å². The zero-order chi connectivity index (χ0) is 12.0. The van der Waals surface area contributed by atoms with Crippen LogP contribution in [0.5, 0.6) is 0 Å². The van der Waals surface area contributed by atoms with E-state index < -0.39 is 11.5 Å². The summed E-state index contributed by atoms with van der Waals surface area (Å²) in [6.45, 7) is 0. The van der Waals surface area contributed by atoms with Crippen molar-refractivity contribution < 1.29 is 4.39 Å². The molecule has 0 N–H and O–H groups in total. The topological polar surface area (TPSA) is 44.0 Å². The summed E-state index contributed by atoms with van der Waals surface area (Å²) in [7, 11) is 0. The van der Waals surface area contributed by atoms with Crippen LogP contribution < -0.4 is 10.6 Å².